The molecule has 1 rings (SSSR count). The van der Waals surface area contributed by atoms with E-state index in [-0.39, 0.29) is 6.10 Å². The Balaban J connectivity index is 1.93. The van der Waals surface area contributed by atoms with Gasteiger partial charge in [-0.25, -0.2) is 0 Å². The van der Waals surface area contributed by atoms with Gasteiger partial charge >= 0.3 is 0 Å². The second-order valence-electron chi connectivity index (χ2n) is 6.55. The Morgan fingerprint density at radius 1 is 1.00 bits per heavy atom. The van der Waals surface area contributed by atoms with Crippen molar-refractivity contribution in [3.63, 3.8) is 0 Å². The zero-order chi connectivity index (χ0) is 14.8. The van der Waals surface area contributed by atoms with Gasteiger partial charge < -0.3 is 19.5 Å². The van der Waals surface area contributed by atoms with Gasteiger partial charge in [-0.1, -0.05) is 27.7 Å². The third-order valence-electron chi connectivity index (χ3n) is 3.25. The van der Waals surface area contributed by atoms with Crippen LogP contribution in [0.2, 0.25) is 0 Å². The summed E-state index contributed by atoms with van der Waals surface area (Å²) >= 11 is 0. The molecule has 0 aliphatic carbocycles. The lowest BCUT2D eigenvalue weighted by Crippen LogP contribution is -2.30. The number of hydrogen-bond donors (Lipinski definition) is 1. The second kappa shape index (κ2) is 10.6. The molecule has 1 fully saturated rings. The second-order valence-corrected chi connectivity index (χ2v) is 6.55. The van der Waals surface area contributed by atoms with Crippen molar-refractivity contribution in [3.8, 4) is 0 Å². The van der Waals surface area contributed by atoms with Gasteiger partial charge in [0.05, 0.1) is 32.0 Å². The van der Waals surface area contributed by atoms with Crippen molar-refractivity contribution < 1.29 is 14.2 Å². The molecule has 2 unspecified atom stereocenters. The number of ether oxygens (including phenoxy) is 3. The summed E-state index contributed by atoms with van der Waals surface area (Å²) in [7, 11) is 0. The van der Waals surface area contributed by atoms with E-state index in [0.29, 0.717) is 37.8 Å². The van der Waals surface area contributed by atoms with E-state index in [2.05, 4.69) is 33.0 Å². The minimum Gasteiger partial charge on any atom is -0.379 e. The van der Waals surface area contributed by atoms with Gasteiger partial charge in [-0.05, 0) is 31.2 Å². The molecular formula is C16H33NO3. The van der Waals surface area contributed by atoms with Crippen LogP contribution in [0.5, 0.6) is 0 Å². The van der Waals surface area contributed by atoms with Crippen LogP contribution >= 0.6 is 0 Å². The Hall–Kier alpha value is -0.160. The summed E-state index contributed by atoms with van der Waals surface area (Å²) in [5.74, 6) is 1.29. The van der Waals surface area contributed by atoms with Crippen LogP contribution in [0.15, 0.2) is 0 Å². The van der Waals surface area contributed by atoms with Gasteiger partial charge in [0.25, 0.3) is 0 Å². The van der Waals surface area contributed by atoms with Gasteiger partial charge in [-0.15, -0.1) is 0 Å². The molecule has 0 spiro atoms. The molecule has 120 valence electrons. The molecule has 0 aromatic heterocycles. The summed E-state index contributed by atoms with van der Waals surface area (Å²) in [4.78, 5) is 0. The van der Waals surface area contributed by atoms with Gasteiger partial charge in [0, 0.05) is 13.2 Å². The molecule has 1 heterocycles. The Labute approximate surface area is 124 Å². The van der Waals surface area contributed by atoms with Crippen molar-refractivity contribution in [2.75, 3.05) is 39.5 Å². The lowest BCUT2D eigenvalue weighted by Gasteiger charge is -2.15. The number of rotatable bonds is 11. The molecule has 0 radical (unpaired) electrons. The average Bonchev–Trinajstić information content (AvgIpc) is 2.81. The lowest BCUT2D eigenvalue weighted by molar-refractivity contribution is -0.0303. The topological polar surface area (TPSA) is 39.7 Å². The summed E-state index contributed by atoms with van der Waals surface area (Å²) < 4.78 is 17.1. The van der Waals surface area contributed by atoms with E-state index in [9.17, 15) is 0 Å². The van der Waals surface area contributed by atoms with Crippen LogP contribution in [-0.4, -0.2) is 51.7 Å². The molecule has 1 aliphatic rings. The van der Waals surface area contributed by atoms with Gasteiger partial charge in [0.2, 0.25) is 0 Å². The third-order valence-corrected chi connectivity index (χ3v) is 3.25. The third kappa shape index (κ3) is 8.90. The van der Waals surface area contributed by atoms with Crippen molar-refractivity contribution in [3.05, 3.63) is 0 Å². The summed E-state index contributed by atoms with van der Waals surface area (Å²) in [6.07, 6.45) is 2.88. The predicted octanol–water partition coefficient (Wildman–Crippen LogP) is 2.47. The lowest BCUT2D eigenvalue weighted by atomic mass is 10.2. The standard InChI is InChI=1S/C16H33NO3/c1-13(2)9-17-10-15-5-6-16(20-15)12-19-8-7-18-11-14(3)4/h13-17H,5-12H2,1-4H3. The predicted molar refractivity (Wildman–Crippen MR) is 82.1 cm³/mol. The molecule has 1 N–H and O–H groups in total. The van der Waals surface area contributed by atoms with E-state index >= 15 is 0 Å². The molecule has 4 heteroatoms. The van der Waals surface area contributed by atoms with E-state index in [4.69, 9.17) is 14.2 Å². The molecule has 0 amide bonds. The Kier molecular flexibility index (Phi) is 9.44. The van der Waals surface area contributed by atoms with Crippen molar-refractivity contribution in [1.29, 1.82) is 0 Å². The fourth-order valence-electron chi connectivity index (χ4n) is 2.24. The number of nitrogens with one attached hydrogen (secondary N) is 1. The molecule has 1 saturated heterocycles. The minimum absolute atomic E-state index is 0.269. The van der Waals surface area contributed by atoms with Crippen LogP contribution in [0.25, 0.3) is 0 Å². The first-order valence-electron chi connectivity index (χ1n) is 8.09. The molecular weight excluding hydrogens is 254 g/mol. The van der Waals surface area contributed by atoms with Crippen molar-refractivity contribution >= 4 is 0 Å². The van der Waals surface area contributed by atoms with Crippen LogP contribution in [0.1, 0.15) is 40.5 Å². The van der Waals surface area contributed by atoms with E-state index in [0.717, 1.165) is 32.5 Å². The number of hydrogen-bond acceptors (Lipinski definition) is 4. The summed E-state index contributed by atoms with van der Waals surface area (Å²) in [5, 5.41) is 3.46. The van der Waals surface area contributed by atoms with Crippen LogP contribution < -0.4 is 5.32 Å². The van der Waals surface area contributed by atoms with E-state index in [1.165, 1.54) is 0 Å². The van der Waals surface area contributed by atoms with Crippen LogP contribution in [-0.2, 0) is 14.2 Å². The fourth-order valence-corrected chi connectivity index (χ4v) is 2.24. The van der Waals surface area contributed by atoms with E-state index < -0.39 is 0 Å². The zero-order valence-electron chi connectivity index (χ0n) is 13.7. The first kappa shape index (κ1) is 17.9. The average molecular weight is 287 g/mol. The van der Waals surface area contributed by atoms with Crippen LogP contribution in [0, 0.1) is 11.8 Å². The highest BCUT2D eigenvalue weighted by molar-refractivity contribution is 4.75. The van der Waals surface area contributed by atoms with Crippen LogP contribution in [0.4, 0.5) is 0 Å². The maximum Gasteiger partial charge on any atom is 0.0813 e. The Morgan fingerprint density at radius 2 is 1.70 bits per heavy atom. The van der Waals surface area contributed by atoms with Gasteiger partial charge in [-0.3, -0.25) is 0 Å². The maximum atomic E-state index is 5.96. The quantitative estimate of drug-likeness (QED) is 0.593. The molecule has 0 bridgehead atoms. The van der Waals surface area contributed by atoms with E-state index in [1.807, 2.05) is 0 Å². The molecule has 4 nitrogen and oxygen atoms in total. The van der Waals surface area contributed by atoms with Gasteiger partial charge in [0.1, 0.15) is 0 Å². The maximum absolute atomic E-state index is 5.96. The van der Waals surface area contributed by atoms with Crippen molar-refractivity contribution in [2.24, 2.45) is 11.8 Å². The Bertz CT molecular complexity index is 234. The highest BCUT2D eigenvalue weighted by Gasteiger charge is 2.24. The van der Waals surface area contributed by atoms with Crippen molar-refractivity contribution in [2.45, 2.75) is 52.7 Å². The molecule has 2 atom stereocenters. The largest absolute Gasteiger partial charge is 0.379 e. The van der Waals surface area contributed by atoms with Gasteiger partial charge in [0.15, 0.2) is 0 Å². The molecule has 1 aliphatic heterocycles. The minimum atomic E-state index is 0.269. The summed E-state index contributed by atoms with van der Waals surface area (Å²) in [6.45, 7) is 13.6. The highest BCUT2D eigenvalue weighted by atomic mass is 16.6. The van der Waals surface area contributed by atoms with Crippen molar-refractivity contribution in [1.82, 2.24) is 5.32 Å². The first-order valence-corrected chi connectivity index (χ1v) is 8.09. The monoisotopic (exact) mass is 287 g/mol. The molecule has 20 heavy (non-hydrogen) atoms. The molecule has 0 aromatic carbocycles. The smallest absolute Gasteiger partial charge is 0.0813 e. The molecule has 0 aromatic rings. The summed E-state index contributed by atoms with van der Waals surface area (Å²) in [6, 6.07) is 0. The van der Waals surface area contributed by atoms with Gasteiger partial charge in [-0.2, -0.15) is 0 Å². The fraction of sp³-hybridized carbons (Fsp3) is 1.00. The SMILES string of the molecule is CC(C)CNCC1CCC(COCCOCC(C)C)O1. The normalized spacial score (nSPS) is 23.1. The van der Waals surface area contributed by atoms with Crippen LogP contribution in [0.3, 0.4) is 0 Å². The Morgan fingerprint density at radius 3 is 2.40 bits per heavy atom. The molecule has 0 saturated carbocycles. The summed E-state index contributed by atoms with van der Waals surface area (Å²) in [5.41, 5.74) is 0. The van der Waals surface area contributed by atoms with E-state index in [1.54, 1.807) is 0 Å². The zero-order valence-corrected chi connectivity index (χ0v) is 13.7. The first-order chi connectivity index (χ1) is 9.58. The highest BCUT2D eigenvalue weighted by Crippen LogP contribution is 2.19.